The van der Waals surface area contributed by atoms with E-state index < -0.39 is 24.2 Å². The first-order chi connectivity index (χ1) is 13.4. The number of amides is 2. The van der Waals surface area contributed by atoms with E-state index >= 15 is 0 Å². The summed E-state index contributed by atoms with van der Waals surface area (Å²) in [6.45, 7) is -1.06. The smallest absolute Gasteiger partial charge is 0.387 e. The Balaban J connectivity index is 1.96. The zero-order valence-electron chi connectivity index (χ0n) is 14.7. The molecule has 0 saturated carbocycles. The fourth-order valence-corrected chi connectivity index (χ4v) is 2.10. The number of carbonyl (C=O) groups is 2. The Bertz CT molecular complexity index is 855. The van der Waals surface area contributed by atoms with Gasteiger partial charge < -0.3 is 9.47 Å². The fourth-order valence-electron chi connectivity index (χ4n) is 2.10. The van der Waals surface area contributed by atoms with Gasteiger partial charge in [-0.05, 0) is 55.0 Å². The molecule has 2 rings (SSSR count). The predicted octanol–water partition coefficient (Wildman–Crippen LogP) is 3.30. The van der Waals surface area contributed by atoms with Gasteiger partial charge in [-0.1, -0.05) is 6.07 Å². The summed E-state index contributed by atoms with van der Waals surface area (Å²) in [4.78, 5) is 23.6. The van der Waals surface area contributed by atoms with Gasteiger partial charge in [0.25, 0.3) is 11.8 Å². The van der Waals surface area contributed by atoms with Crippen molar-refractivity contribution >= 4 is 17.9 Å². The first-order valence-corrected chi connectivity index (χ1v) is 8.14. The number of alkyl halides is 2. The van der Waals surface area contributed by atoms with Gasteiger partial charge in [0.15, 0.2) is 11.5 Å². The van der Waals surface area contributed by atoms with Gasteiger partial charge >= 0.3 is 6.61 Å². The zero-order chi connectivity index (χ0) is 20.5. The summed E-state index contributed by atoms with van der Waals surface area (Å²) in [5.74, 6) is -1.75. The van der Waals surface area contributed by atoms with Gasteiger partial charge in [-0.25, -0.2) is 4.39 Å². The third-order valence-corrected chi connectivity index (χ3v) is 3.32. The van der Waals surface area contributed by atoms with Crippen LogP contribution in [0.4, 0.5) is 13.2 Å². The molecule has 0 spiro atoms. The standard InChI is InChI=1S/C19H17F3N2O4/c1-2-27-16-11-12(3-9-15(16)28-19(21)22)4-10-17(25)23-24-18(26)13-5-7-14(20)8-6-13/h3-11,19H,2H2,1H3,(H,23,25)(H,24,26). The Kier molecular flexibility index (Phi) is 7.44. The summed E-state index contributed by atoms with van der Waals surface area (Å²) in [6.07, 6.45) is 2.53. The Morgan fingerprint density at radius 2 is 1.79 bits per heavy atom. The zero-order valence-corrected chi connectivity index (χ0v) is 14.7. The van der Waals surface area contributed by atoms with E-state index in [2.05, 4.69) is 15.6 Å². The average molecular weight is 394 g/mol. The molecule has 0 radical (unpaired) electrons. The van der Waals surface area contributed by atoms with Crippen LogP contribution in [-0.4, -0.2) is 25.0 Å². The molecule has 0 unspecified atom stereocenters. The molecule has 0 atom stereocenters. The van der Waals surface area contributed by atoms with Gasteiger partial charge in [0, 0.05) is 11.6 Å². The maximum Gasteiger partial charge on any atom is 0.387 e. The molecular weight excluding hydrogens is 377 g/mol. The largest absolute Gasteiger partial charge is 0.490 e. The van der Waals surface area contributed by atoms with Crippen molar-refractivity contribution in [3.8, 4) is 11.5 Å². The molecule has 0 aliphatic carbocycles. The number of hydrogen-bond donors (Lipinski definition) is 2. The Hall–Kier alpha value is -3.49. The van der Waals surface area contributed by atoms with Crippen LogP contribution in [0.25, 0.3) is 6.08 Å². The molecule has 0 bridgehead atoms. The minimum absolute atomic E-state index is 0.106. The van der Waals surface area contributed by atoms with Crippen LogP contribution in [0.2, 0.25) is 0 Å². The van der Waals surface area contributed by atoms with Crippen LogP contribution in [-0.2, 0) is 4.79 Å². The van der Waals surface area contributed by atoms with Crippen molar-refractivity contribution in [2.45, 2.75) is 13.5 Å². The number of nitrogens with one attached hydrogen (secondary N) is 2. The SMILES string of the molecule is CCOc1cc(C=CC(=O)NNC(=O)c2ccc(F)cc2)ccc1OC(F)F. The molecule has 2 N–H and O–H groups in total. The Morgan fingerprint density at radius 3 is 2.43 bits per heavy atom. The lowest BCUT2D eigenvalue weighted by Gasteiger charge is -2.11. The van der Waals surface area contributed by atoms with E-state index in [9.17, 15) is 22.8 Å². The highest BCUT2D eigenvalue weighted by molar-refractivity contribution is 5.97. The molecule has 0 heterocycles. The van der Waals surface area contributed by atoms with Gasteiger partial charge in [0.2, 0.25) is 0 Å². The molecule has 9 heteroatoms. The third-order valence-electron chi connectivity index (χ3n) is 3.32. The van der Waals surface area contributed by atoms with Crippen LogP contribution >= 0.6 is 0 Å². The van der Waals surface area contributed by atoms with E-state index in [0.717, 1.165) is 18.2 Å². The number of ether oxygens (including phenoxy) is 2. The van der Waals surface area contributed by atoms with E-state index in [0.29, 0.717) is 5.56 Å². The van der Waals surface area contributed by atoms with Gasteiger partial charge in [-0.15, -0.1) is 0 Å². The maximum atomic E-state index is 12.8. The quantitative estimate of drug-likeness (QED) is 0.558. The lowest BCUT2D eigenvalue weighted by molar-refractivity contribution is -0.117. The minimum atomic E-state index is -2.99. The fraction of sp³-hybridized carbons (Fsp3) is 0.158. The molecule has 0 aromatic heterocycles. The van der Waals surface area contributed by atoms with Gasteiger partial charge in [0.1, 0.15) is 5.82 Å². The number of benzene rings is 2. The second-order valence-corrected chi connectivity index (χ2v) is 5.30. The predicted molar refractivity (Wildman–Crippen MR) is 95.3 cm³/mol. The molecule has 2 aromatic rings. The van der Waals surface area contributed by atoms with E-state index in [1.807, 2.05) is 0 Å². The number of hydrazine groups is 1. The van der Waals surface area contributed by atoms with E-state index in [1.165, 1.54) is 36.4 Å². The van der Waals surface area contributed by atoms with Crippen molar-refractivity contribution < 1.29 is 32.2 Å². The summed E-state index contributed by atoms with van der Waals surface area (Å²) in [6, 6.07) is 8.96. The van der Waals surface area contributed by atoms with E-state index in [1.54, 1.807) is 6.92 Å². The van der Waals surface area contributed by atoms with Crippen LogP contribution < -0.4 is 20.3 Å². The third kappa shape index (κ3) is 6.35. The van der Waals surface area contributed by atoms with Gasteiger partial charge in [-0.3, -0.25) is 20.4 Å². The average Bonchev–Trinajstić information content (AvgIpc) is 2.66. The second-order valence-electron chi connectivity index (χ2n) is 5.30. The molecule has 0 aliphatic rings. The Labute approximate surface area is 158 Å². The molecule has 2 amide bonds. The van der Waals surface area contributed by atoms with Crippen LogP contribution in [0.3, 0.4) is 0 Å². The molecule has 2 aromatic carbocycles. The van der Waals surface area contributed by atoms with Crippen LogP contribution in [0.15, 0.2) is 48.5 Å². The number of carbonyl (C=O) groups excluding carboxylic acids is 2. The van der Waals surface area contributed by atoms with Gasteiger partial charge in [0.05, 0.1) is 6.61 Å². The molecule has 28 heavy (non-hydrogen) atoms. The van der Waals surface area contributed by atoms with Crippen molar-refractivity contribution in [1.29, 1.82) is 0 Å². The van der Waals surface area contributed by atoms with Crippen LogP contribution in [0.5, 0.6) is 11.5 Å². The second kappa shape index (κ2) is 10.0. The Morgan fingerprint density at radius 1 is 1.07 bits per heavy atom. The molecule has 0 fully saturated rings. The molecule has 148 valence electrons. The monoisotopic (exact) mass is 394 g/mol. The first-order valence-electron chi connectivity index (χ1n) is 8.14. The van der Waals surface area contributed by atoms with Crippen molar-refractivity contribution in [2.24, 2.45) is 0 Å². The molecular formula is C19H17F3N2O4. The maximum absolute atomic E-state index is 12.8. The lowest BCUT2D eigenvalue weighted by atomic mass is 10.2. The first kappa shape index (κ1) is 20.8. The van der Waals surface area contributed by atoms with Gasteiger partial charge in [-0.2, -0.15) is 8.78 Å². The summed E-state index contributed by atoms with van der Waals surface area (Å²) in [5, 5.41) is 0. The highest BCUT2D eigenvalue weighted by atomic mass is 19.3. The highest BCUT2D eigenvalue weighted by Gasteiger charge is 2.11. The van der Waals surface area contributed by atoms with Crippen molar-refractivity contribution in [1.82, 2.24) is 10.9 Å². The van der Waals surface area contributed by atoms with Crippen molar-refractivity contribution in [3.63, 3.8) is 0 Å². The summed E-state index contributed by atoms with van der Waals surface area (Å²) in [5.41, 5.74) is 5.00. The number of hydrogen-bond acceptors (Lipinski definition) is 4. The van der Waals surface area contributed by atoms with Crippen LogP contribution in [0.1, 0.15) is 22.8 Å². The highest BCUT2D eigenvalue weighted by Crippen LogP contribution is 2.30. The summed E-state index contributed by atoms with van der Waals surface area (Å²) in [7, 11) is 0. The summed E-state index contributed by atoms with van der Waals surface area (Å²) >= 11 is 0. The topological polar surface area (TPSA) is 76.7 Å². The van der Waals surface area contributed by atoms with Crippen molar-refractivity contribution in [2.75, 3.05) is 6.61 Å². The summed E-state index contributed by atoms with van der Waals surface area (Å²) < 4.78 is 47.2. The number of rotatable bonds is 7. The van der Waals surface area contributed by atoms with E-state index in [-0.39, 0.29) is 23.7 Å². The number of halogens is 3. The minimum Gasteiger partial charge on any atom is -0.490 e. The normalized spacial score (nSPS) is 10.8. The molecule has 6 nitrogen and oxygen atoms in total. The molecule has 0 aliphatic heterocycles. The lowest BCUT2D eigenvalue weighted by Crippen LogP contribution is -2.40. The van der Waals surface area contributed by atoms with Crippen LogP contribution in [0, 0.1) is 5.82 Å². The van der Waals surface area contributed by atoms with E-state index in [4.69, 9.17) is 4.74 Å². The molecule has 0 saturated heterocycles. The van der Waals surface area contributed by atoms with Crippen molar-refractivity contribution in [3.05, 3.63) is 65.5 Å².